The van der Waals surface area contributed by atoms with Crippen LogP contribution in [0.15, 0.2) is 54.7 Å². The van der Waals surface area contributed by atoms with Crippen LogP contribution in [0.3, 0.4) is 0 Å². The molecule has 0 aliphatic heterocycles. The van der Waals surface area contributed by atoms with Crippen molar-refractivity contribution in [2.45, 2.75) is 0 Å². The van der Waals surface area contributed by atoms with Gasteiger partial charge in [0.15, 0.2) is 0 Å². The van der Waals surface area contributed by atoms with E-state index in [1.807, 2.05) is 6.07 Å². The number of rotatable bonds is 4. The number of aromatic nitrogens is 3. The third kappa shape index (κ3) is 2.95. The van der Waals surface area contributed by atoms with E-state index in [9.17, 15) is 9.90 Å². The number of imidazole rings is 1. The number of pyridine rings is 1. The smallest absolute Gasteiger partial charge is 0.335 e. The van der Waals surface area contributed by atoms with Gasteiger partial charge in [0.05, 0.1) is 29.3 Å². The second-order valence-corrected chi connectivity index (χ2v) is 5.91. The summed E-state index contributed by atoms with van der Waals surface area (Å²) >= 11 is 0. The molecule has 7 nitrogen and oxygen atoms in total. The lowest BCUT2D eigenvalue weighted by atomic mass is 10.0. The zero-order valence-corrected chi connectivity index (χ0v) is 14.3. The van der Waals surface area contributed by atoms with Crippen LogP contribution in [0, 0.1) is 0 Å². The number of ether oxygens (including phenoxy) is 1. The number of hydrogen-bond donors (Lipinski definition) is 3. The molecule has 0 atom stereocenters. The predicted octanol–water partition coefficient (Wildman–Crippen LogP) is 3.70. The van der Waals surface area contributed by atoms with Crippen molar-refractivity contribution in [3.8, 4) is 34.1 Å². The molecule has 0 aliphatic carbocycles. The number of phenols is 1. The molecule has 0 amide bonds. The first kappa shape index (κ1) is 16.6. The van der Waals surface area contributed by atoms with Crippen LogP contribution < -0.4 is 4.74 Å². The van der Waals surface area contributed by atoms with Crippen LogP contribution in [0.2, 0.25) is 0 Å². The van der Waals surface area contributed by atoms with Gasteiger partial charge in [0, 0.05) is 11.8 Å². The van der Waals surface area contributed by atoms with Crippen molar-refractivity contribution in [2.24, 2.45) is 0 Å². The zero-order chi connectivity index (χ0) is 19.0. The highest BCUT2D eigenvalue weighted by molar-refractivity contribution is 5.93. The van der Waals surface area contributed by atoms with Crippen molar-refractivity contribution >= 4 is 17.0 Å². The van der Waals surface area contributed by atoms with E-state index >= 15 is 0 Å². The number of carboxylic acid groups (broad SMARTS) is 1. The molecule has 0 saturated carbocycles. The standard InChI is InChI=1S/C20H15N3O4/c1-27-19-13(3-2-8-21-19)11-5-7-17(24)14(9-11)18-22-15-6-4-12(20(25)26)10-16(15)23-18/h2-10,24H,1H3,(H,22,23)(H,25,26). The average molecular weight is 361 g/mol. The maximum atomic E-state index is 11.1. The third-order valence-corrected chi connectivity index (χ3v) is 4.26. The van der Waals surface area contributed by atoms with Gasteiger partial charge in [0.25, 0.3) is 0 Å². The van der Waals surface area contributed by atoms with E-state index in [1.165, 1.54) is 12.1 Å². The van der Waals surface area contributed by atoms with Gasteiger partial charge in [-0.1, -0.05) is 6.07 Å². The van der Waals surface area contributed by atoms with Crippen LogP contribution in [0.5, 0.6) is 11.6 Å². The first-order valence-electron chi connectivity index (χ1n) is 8.12. The Morgan fingerprint density at radius 1 is 1.11 bits per heavy atom. The number of aromatic amines is 1. The molecule has 2 aromatic carbocycles. The summed E-state index contributed by atoms with van der Waals surface area (Å²) in [6.45, 7) is 0. The fourth-order valence-electron chi connectivity index (χ4n) is 2.94. The Kier molecular flexibility index (Phi) is 3.97. The molecule has 0 radical (unpaired) electrons. The summed E-state index contributed by atoms with van der Waals surface area (Å²) < 4.78 is 5.31. The number of nitrogens with one attached hydrogen (secondary N) is 1. The maximum absolute atomic E-state index is 11.1. The Balaban J connectivity index is 1.84. The van der Waals surface area contributed by atoms with Crippen molar-refractivity contribution in [1.82, 2.24) is 15.0 Å². The van der Waals surface area contributed by atoms with Crippen LogP contribution in [0.1, 0.15) is 10.4 Å². The highest BCUT2D eigenvalue weighted by Gasteiger charge is 2.14. The van der Waals surface area contributed by atoms with E-state index in [0.29, 0.717) is 28.3 Å². The van der Waals surface area contributed by atoms with Crippen LogP contribution in [0.25, 0.3) is 33.5 Å². The molecule has 7 heteroatoms. The molecule has 0 fully saturated rings. The summed E-state index contributed by atoms with van der Waals surface area (Å²) in [7, 11) is 1.55. The normalized spacial score (nSPS) is 10.9. The van der Waals surface area contributed by atoms with Gasteiger partial charge in [-0.3, -0.25) is 0 Å². The number of H-pyrrole nitrogens is 1. The van der Waals surface area contributed by atoms with E-state index in [1.54, 1.807) is 43.6 Å². The van der Waals surface area contributed by atoms with E-state index in [2.05, 4.69) is 15.0 Å². The highest BCUT2D eigenvalue weighted by Crippen LogP contribution is 2.35. The van der Waals surface area contributed by atoms with E-state index < -0.39 is 5.97 Å². The lowest BCUT2D eigenvalue weighted by molar-refractivity contribution is 0.0697. The lowest BCUT2D eigenvalue weighted by Gasteiger charge is -2.09. The van der Waals surface area contributed by atoms with Crippen molar-refractivity contribution in [3.05, 3.63) is 60.3 Å². The predicted molar refractivity (Wildman–Crippen MR) is 99.9 cm³/mol. The second-order valence-electron chi connectivity index (χ2n) is 5.91. The fraction of sp³-hybridized carbons (Fsp3) is 0.0500. The Hall–Kier alpha value is -3.87. The largest absolute Gasteiger partial charge is 0.507 e. The minimum atomic E-state index is -1.01. The lowest BCUT2D eigenvalue weighted by Crippen LogP contribution is -1.94. The number of carboxylic acids is 1. The Morgan fingerprint density at radius 3 is 2.74 bits per heavy atom. The molecule has 2 heterocycles. The SMILES string of the molecule is COc1ncccc1-c1ccc(O)c(-c2nc3ccc(C(=O)O)cc3[nH]2)c1. The van der Waals surface area contributed by atoms with E-state index in [4.69, 9.17) is 9.84 Å². The van der Waals surface area contributed by atoms with Gasteiger partial charge in [-0.15, -0.1) is 0 Å². The molecule has 0 aliphatic rings. The maximum Gasteiger partial charge on any atom is 0.335 e. The number of aromatic hydroxyl groups is 1. The number of fused-ring (bicyclic) bond motifs is 1. The molecule has 2 aromatic heterocycles. The van der Waals surface area contributed by atoms with Crippen molar-refractivity contribution in [1.29, 1.82) is 0 Å². The monoisotopic (exact) mass is 361 g/mol. The summed E-state index contributed by atoms with van der Waals surface area (Å²) in [6, 6.07) is 13.4. The number of hydrogen-bond acceptors (Lipinski definition) is 5. The van der Waals surface area contributed by atoms with Gasteiger partial charge >= 0.3 is 5.97 Å². The third-order valence-electron chi connectivity index (χ3n) is 4.26. The topological polar surface area (TPSA) is 108 Å². The number of carbonyl (C=O) groups is 1. The van der Waals surface area contributed by atoms with Crippen molar-refractivity contribution in [3.63, 3.8) is 0 Å². The zero-order valence-electron chi connectivity index (χ0n) is 14.3. The summed E-state index contributed by atoms with van der Waals surface area (Å²) in [5, 5.41) is 19.5. The number of nitrogens with zero attached hydrogens (tertiary/aromatic N) is 2. The van der Waals surface area contributed by atoms with Gasteiger partial charge in [-0.2, -0.15) is 0 Å². The minimum absolute atomic E-state index is 0.0547. The van der Waals surface area contributed by atoms with E-state index in [-0.39, 0.29) is 11.3 Å². The molecular formula is C20H15N3O4. The first-order chi connectivity index (χ1) is 13.1. The van der Waals surface area contributed by atoms with Crippen molar-refractivity contribution < 1.29 is 19.7 Å². The molecular weight excluding hydrogens is 346 g/mol. The number of benzene rings is 2. The molecule has 0 unspecified atom stereocenters. The van der Waals surface area contributed by atoms with Gasteiger partial charge in [0.1, 0.15) is 11.6 Å². The van der Waals surface area contributed by atoms with Crippen LogP contribution >= 0.6 is 0 Å². The molecule has 0 bridgehead atoms. The molecule has 27 heavy (non-hydrogen) atoms. The molecule has 0 spiro atoms. The highest BCUT2D eigenvalue weighted by atomic mass is 16.5. The van der Waals surface area contributed by atoms with Gasteiger partial charge < -0.3 is 19.9 Å². The van der Waals surface area contributed by atoms with Crippen molar-refractivity contribution in [2.75, 3.05) is 7.11 Å². The summed E-state index contributed by atoms with van der Waals surface area (Å²) in [4.78, 5) is 22.9. The minimum Gasteiger partial charge on any atom is -0.507 e. The van der Waals surface area contributed by atoms with Gasteiger partial charge in [0.2, 0.25) is 5.88 Å². The fourth-order valence-corrected chi connectivity index (χ4v) is 2.94. The molecule has 3 N–H and O–H groups in total. The number of phenolic OH excluding ortho intramolecular Hbond substituents is 1. The van der Waals surface area contributed by atoms with Gasteiger partial charge in [-0.25, -0.2) is 14.8 Å². The molecule has 4 rings (SSSR count). The quantitative estimate of drug-likeness (QED) is 0.511. The van der Waals surface area contributed by atoms with Crippen LogP contribution in [-0.4, -0.2) is 38.2 Å². The Bertz CT molecular complexity index is 1170. The summed E-state index contributed by atoms with van der Waals surface area (Å²) in [5.74, 6) is -0.0414. The molecule has 4 aromatic rings. The Labute approximate surface area is 153 Å². The Morgan fingerprint density at radius 2 is 1.96 bits per heavy atom. The van der Waals surface area contributed by atoms with Crippen LogP contribution in [0.4, 0.5) is 0 Å². The summed E-state index contributed by atoms with van der Waals surface area (Å²) in [6.07, 6.45) is 1.64. The summed E-state index contributed by atoms with van der Waals surface area (Å²) in [5.41, 5.74) is 3.43. The second kappa shape index (κ2) is 6.45. The molecule has 134 valence electrons. The first-order valence-corrected chi connectivity index (χ1v) is 8.12. The van der Waals surface area contributed by atoms with Gasteiger partial charge in [-0.05, 0) is 48.0 Å². The van der Waals surface area contributed by atoms with E-state index in [0.717, 1.165) is 11.1 Å². The van der Waals surface area contributed by atoms with Crippen LogP contribution in [-0.2, 0) is 0 Å². The number of aromatic carboxylic acids is 1. The average Bonchev–Trinajstić information content (AvgIpc) is 3.11. The number of methoxy groups -OCH3 is 1. The molecule has 0 saturated heterocycles.